The second kappa shape index (κ2) is 3.97. The lowest BCUT2D eigenvalue weighted by atomic mass is 9.87. The van der Waals surface area contributed by atoms with E-state index in [4.69, 9.17) is 10.00 Å². The third kappa shape index (κ3) is 2.37. The van der Waals surface area contributed by atoms with Crippen LogP contribution in [0.15, 0.2) is 24.3 Å². The predicted molar refractivity (Wildman–Crippen MR) is 63.2 cm³/mol. The molecule has 0 spiro atoms. The number of nitriles is 1. The third-order valence-corrected chi connectivity index (χ3v) is 2.86. The van der Waals surface area contributed by atoms with Gasteiger partial charge in [0, 0.05) is 5.41 Å². The zero-order valence-electron chi connectivity index (χ0n) is 10.2. The molecular formula is C14H15NO2. The Morgan fingerprint density at radius 2 is 1.88 bits per heavy atom. The summed E-state index contributed by atoms with van der Waals surface area (Å²) in [4.78, 5) is 12.0. The van der Waals surface area contributed by atoms with Crippen LogP contribution in [0.4, 0.5) is 0 Å². The molecule has 3 heteroatoms. The molecule has 1 aromatic carbocycles. The fourth-order valence-electron chi connectivity index (χ4n) is 1.74. The molecule has 0 bridgehead atoms. The number of carbonyl (C=O) groups is 1. The first-order valence-corrected chi connectivity index (χ1v) is 5.63. The summed E-state index contributed by atoms with van der Waals surface area (Å²) < 4.78 is 5.43. The zero-order valence-corrected chi connectivity index (χ0v) is 10.2. The standard InChI is InChI=1S/C14H15NO2/c1-14(2,3)13(16)12-11(17-12)10-6-4-9(8-15)5-7-10/h4-7,11-12H,1-3H3/t11-,12+/m1/s1. The number of Topliss-reactive ketones (excluding diaryl/α,β-unsaturated/α-hetero) is 1. The van der Waals surface area contributed by atoms with E-state index in [1.807, 2.05) is 32.9 Å². The summed E-state index contributed by atoms with van der Waals surface area (Å²) in [5.74, 6) is 0.131. The Hall–Kier alpha value is -1.66. The number of rotatable bonds is 2. The smallest absolute Gasteiger partial charge is 0.169 e. The van der Waals surface area contributed by atoms with Gasteiger partial charge in [-0.05, 0) is 17.7 Å². The van der Waals surface area contributed by atoms with Gasteiger partial charge in [-0.25, -0.2) is 0 Å². The van der Waals surface area contributed by atoms with Crippen LogP contribution < -0.4 is 0 Å². The molecule has 0 aliphatic carbocycles. The molecule has 0 N–H and O–H groups in total. The molecule has 17 heavy (non-hydrogen) atoms. The van der Waals surface area contributed by atoms with Crippen LogP contribution in [-0.2, 0) is 9.53 Å². The van der Waals surface area contributed by atoms with E-state index in [-0.39, 0.29) is 23.4 Å². The maximum Gasteiger partial charge on any atom is 0.169 e. The van der Waals surface area contributed by atoms with E-state index in [2.05, 4.69) is 6.07 Å². The van der Waals surface area contributed by atoms with Gasteiger partial charge < -0.3 is 4.74 Å². The van der Waals surface area contributed by atoms with Crippen LogP contribution in [0.2, 0.25) is 0 Å². The van der Waals surface area contributed by atoms with Gasteiger partial charge in [0.1, 0.15) is 12.2 Å². The summed E-state index contributed by atoms with van der Waals surface area (Å²) >= 11 is 0. The largest absolute Gasteiger partial charge is 0.356 e. The molecule has 2 rings (SSSR count). The average molecular weight is 229 g/mol. The number of carbonyl (C=O) groups excluding carboxylic acids is 1. The summed E-state index contributed by atoms with van der Waals surface area (Å²) in [5, 5.41) is 8.69. The van der Waals surface area contributed by atoms with Gasteiger partial charge in [0.2, 0.25) is 0 Å². The highest BCUT2D eigenvalue weighted by molar-refractivity contribution is 5.90. The van der Waals surface area contributed by atoms with E-state index in [1.165, 1.54) is 0 Å². The minimum Gasteiger partial charge on any atom is -0.356 e. The summed E-state index contributed by atoms with van der Waals surface area (Å²) in [6.45, 7) is 5.69. The molecule has 0 unspecified atom stereocenters. The van der Waals surface area contributed by atoms with Crippen LogP contribution >= 0.6 is 0 Å². The molecule has 1 aromatic rings. The van der Waals surface area contributed by atoms with Gasteiger partial charge in [0.15, 0.2) is 5.78 Å². The summed E-state index contributed by atoms with van der Waals surface area (Å²) in [6.07, 6.45) is -0.447. The SMILES string of the molecule is CC(C)(C)C(=O)[C@H]1O[C@@H]1c1ccc(C#N)cc1. The van der Waals surface area contributed by atoms with Gasteiger partial charge >= 0.3 is 0 Å². The number of ether oxygens (including phenoxy) is 1. The Kier molecular flexibility index (Phi) is 2.76. The Bertz CT molecular complexity index is 476. The van der Waals surface area contributed by atoms with Crippen molar-refractivity contribution in [3.63, 3.8) is 0 Å². The molecule has 0 radical (unpaired) electrons. The number of hydrogen-bond donors (Lipinski definition) is 0. The van der Waals surface area contributed by atoms with E-state index in [1.54, 1.807) is 12.1 Å². The van der Waals surface area contributed by atoms with Crippen molar-refractivity contribution in [3.8, 4) is 6.07 Å². The van der Waals surface area contributed by atoms with Crippen LogP contribution in [0.3, 0.4) is 0 Å². The Labute approximate surface area is 101 Å². The molecule has 1 aliphatic rings. The summed E-state index contributed by atoms with van der Waals surface area (Å²) in [6, 6.07) is 9.25. The third-order valence-electron chi connectivity index (χ3n) is 2.86. The van der Waals surface area contributed by atoms with Crippen LogP contribution in [0.5, 0.6) is 0 Å². The van der Waals surface area contributed by atoms with Crippen molar-refractivity contribution in [2.24, 2.45) is 5.41 Å². The van der Waals surface area contributed by atoms with Crippen molar-refractivity contribution in [1.29, 1.82) is 5.26 Å². The van der Waals surface area contributed by atoms with Gasteiger partial charge in [-0.3, -0.25) is 4.79 Å². The molecule has 1 heterocycles. The van der Waals surface area contributed by atoms with Gasteiger partial charge in [-0.1, -0.05) is 32.9 Å². The van der Waals surface area contributed by atoms with Gasteiger partial charge in [0.05, 0.1) is 11.6 Å². The van der Waals surface area contributed by atoms with Crippen LogP contribution in [-0.4, -0.2) is 11.9 Å². The van der Waals surface area contributed by atoms with E-state index < -0.39 is 0 Å². The van der Waals surface area contributed by atoms with Crippen molar-refractivity contribution >= 4 is 5.78 Å². The zero-order chi connectivity index (χ0) is 12.6. The van der Waals surface area contributed by atoms with Gasteiger partial charge in [-0.15, -0.1) is 0 Å². The lowest BCUT2D eigenvalue weighted by Gasteiger charge is -2.14. The Morgan fingerprint density at radius 1 is 1.29 bits per heavy atom. The molecule has 1 aliphatic heterocycles. The highest BCUT2D eigenvalue weighted by Crippen LogP contribution is 2.42. The number of epoxide rings is 1. The second-order valence-electron chi connectivity index (χ2n) is 5.33. The van der Waals surface area contributed by atoms with Crippen molar-refractivity contribution < 1.29 is 9.53 Å². The van der Waals surface area contributed by atoms with Crippen molar-refractivity contribution in [3.05, 3.63) is 35.4 Å². The molecule has 3 nitrogen and oxygen atoms in total. The van der Waals surface area contributed by atoms with Crippen LogP contribution in [0, 0.1) is 16.7 Å². The van der Waals surface area contributed by atoms with E-state index in [9.17, 15) is 4.79 Å². The molecule has 2 atom stereocenters. The number of ketones is 1. The van der Waals surface area contributed by atoms with Gasteiger partial charge in [-0.2, -0.15) is 5.26 Å². The fraction of sp³-hybridized carbons (Fsp3) is 0.429. The fourth-order valence-corrected chi connectivity index (χ4v) is 1.74. The molecule has 1 saturated heterocycles. The molecule has 1 fully saturated rings. The normalized spacial score (nSPS) is 22.9. The molecular weight excluding hydrogens is 214 g/mol. The average Bonchev–Trinajstić information content (AvgIpc) is 3.07. The minimum atomic E-state index is -0.369. The number of hydrogen-bond acceptors (Lipinski definition) is 3. The number of nitrogens with zero attached hydrogens (tertiary/aromatic N) is 1. The van der Waals surface area contributed by atoms with Crippen LogP contribution in [0.25, 0.3) is 0 Å². The second-order valence-corrected chi connectivity index (χ2v) is 5.33. The first kappa shape index (κ1) is 11.8. The topological polar surface area (TPSA) is 53.4 Å². The summed E-state index contributed by atoms with van der Waals surface area (Å²) in [7, 11) is 0. The predicted octanol–water partition coefficient (Wildman–Crippen LogP) is 2.61. The molecule has 0 aromatic heterocycles. The van der Waals surface area contributed by atoms with Crippen molar-refractivity contribution in [1.82, 2.24) is 0 Å². The maximum atomic E-state index is 12.0. The highest BCUT2D eigenvalue weighted by Gasteiger charge is 2.49. The lowest BCUT2D eigenvalue weighted by Crippen LogP contribution is -2.25. The van der Waals surface area contributed by atoms with E-state index in [0.29, 0.717) is 5.56 Å². The minimum absolute atomic E-state index is 0.130. The first-order valence-electron chi connectivity index (χ1n) is 5.63. The first-order chi connectivity index (χ1) is 7.93. The Morgan fingerprint density at radius 3 is 2.35 bits per heavy atom. The lowest BCUT2D eigenvalue weighted by molar-refractivity contribution is -0.127. The molecule has 0 amide bonds. The monoisotopic (exact) mass is 229 g/mol. The molecule has 88 valence electrons. The van der Waals surface area contributed by atoms with Crippen molar-refractivity contribution in [2.75, 3.05) is 0 Å². The van der Waals surface area contributed by atoms with Crippen molar-refractivity contribution in [2.45, 2.75) is 33.0 Å². The quantitative estimate of drug-likeness (QED) is 0.732. The Balaban J connectivity index is 2.08. The van der Waals surface area contributed by atoms with Gasteiger partial charge in [0.25, 0.3) is 0 Å². The maximum absolute atomic E-state index is 12.0. The van der Waals surface area contributed by atoms with E-state index >= 15 is 0 Å². The molecule has 0 saturated carbocycles. The van der Waals surface area contributed by atoms with E-state index in [0.717, 1.165) is 5.56 Å². The summed E-state index contributed by atoms with van der Waals surface area (Å²) in [5.41, 5.74) is 1.21. The highest BCUT2D eigenvalue weighted by atomic mass is 16.6. The van der Waals surface area contributed by atoms with Crippen LogP contribution in [0.1, 0.15) is 38.0 Å². The number of benzene rings is 1.